The summed E-state index contributed by atoms with van der Waals surface area (Å²) in [6.07, 6.45) is 7.86. The van der Waals surface area contributed by atoms with E-state index in [9.17, 15) is 19.5 Å². The van der Waals surface area contributed by atoms with E-state index in [0.717, 1.165) is 5.56 Å². The Kier molecular flexibility index (Phi) is 7.04. The minimum absolute atomic E-state index is 0.192. The summed E-state index contributed by atoms with van der Waals surface area (Å²) in [5.41, 5.74) is -1.01. The molecule has 41 heavy (non-hydrogen) atoms. The number of para-hydroxylation sites is 1. The maximum atomic E-state index is 14.5. The molecule has 0 saturated carbocycles. The molecule has 4 aliphatic heterocycles. The molecule has 2 saturated heterocycles. The van der Waals surface area contributed by atoms with Gasteiger partial charge in [-0.2, -0.15) is 0 Å². The first-order chi connectivity index (χ1) is 19.8. The number of aliphatic hydroxyl groups is 1. The van der Waals surface area contributed by atoms with Crippen LogP contribution in [-0.4, -0.2) is 75.6 Å². The summed E-state index contributed by atoms with van der Waals surface area (Å²) in [5, 5.41) is 10.7. The highest BCUT2D eigenvalue weighted by Gasteiger charge is 2.75. The third-order valence-electron chi connectivity index (χ3n) is 9.01. The lowest BCUT2D eigenvalue weighted by Gasteiger charge is -2.40. The summed E-state index contributed by atoms with van der Waals surface area (Å²) in [7, 11) is 0. The molecular weight excluding hydrogens is 542 g/mol. The lowest BCUT2D eigenvalue weighted by Crippen LogP contribution is -2.58. The van der Waals surface area contributed by atoms with Crippen molar-refractivity contribution in [3.8, 4) is 0 Å². The highest BCUT2D eigenvalue weighted by Crippen LogP contribution is 2.58. The van der Waals surface area contributed by atoms with Crippen molar-refractivity contribution in [3.63, 3.8) is 0 Å². The highest BCUT2D eigenvalue weighted by molar-refractivity contribution is 6.34. The minimum atomic E-state index is -1.40. The first-order valence-corrected chi connectivity index (χ1v) is 14.5. The molecule has 214 valence electrons. The van der Waals surface area contributed by atoms with Crippen LogP contribution in [0.3, 0.4) is 0 Å². The van der Waals surface area contributed by atoms with E-state index in [0.29, 0.717) is 30.2 Å². The summed E-state index contributed by atoms with van der Waals surface area (Å²) in [4.78, 5) is 48.2. The number of rotatable bonds is 6. The number of likely N-dealkylation sites (tertiary alicyclic amines) is 1. The fourth-order valence-corrected chi connectivity index (χ4v) is 7.39. The van der Waals surface area contributed by atoms with E-state index in [4.69, 9.17) is 16.3 Å². The predicted molar refractivity (Wildman–Crippen MR) is 155 cm³/mol. The molecule has 9 heteroatoms. The number of benzene rings is 2. The normalized spacial score (nSPS) is 31.6. The van der Waals surface area contributed by atoms with Gasteiger partial charge >= 0.3 is 0 Å². The maximum absolute atomic E-state index is 14.5. The van der Waals surface area contributed by atoms with Gasteiger partial charge in [0, 0.05) is 19.6 Å². The molecule has 4 heterocycles. The number of fused-ring (bicyclic) bond motifs is 2. The third kappa shape index (κ3) is 4.23. The fraction of sp³-hybridized carbons (Fsp3) is 0.406. The second-order valence-electron chi connectivity index (χ2n) is 11.4. The Morgan fingerprint density at radius 3 is 2.37 bits per heavy atom. The van der Waals surface area contributed by atoms with Gasteiger partial charge in [0.1, 0.15) is 11.6 Å². The summed E-state index contributed by atoms with van der Waals surface area (Å²) in [5.74, 6) is -2.71. The van der Waals surface area contributed by atoms with E-state index in [1.165, 1.54) is 4.90 Å². The molecule has 4 aliphatic rings. The van der Waals surface area contributed by atoms with Crippen molar-refractivity contribution in [2.75, 3.05) is 24.6 Å². The number of anilines is 1. The Morgan fingerprint density at radius 2 is 1.66 bits per heavy atom. The molecular formula is C32H34ClN3O5. The molecule has 0 radical (unpaired) electrons. The van der Waals surface area contributed by atoms with Gasteiger partial charge in [-0.05, 0) is 31.0 Å². The van der Waals surface area contributed by atoms with E-state index in [1.807, 2.05) is 68.5 Å². The van der Waals surface area contributed by atoms with Crippen LogP contribution in [0.4, 0.5) is 5.69 Å². The lowest BCUT2D eigenvalue weighted by atomic mass is 9.74. The third-order valence-corrected chi connectivity index (χ3v) is 9.33. The van der Waals surface area contributed by atoms with Gasteiger partial charge < -0.3 is 24.5 Å². The quantitative estimate of drug-likeness (QED) is 0.532. The highest BCUT2D eigenvalue weighted by atomic mass is 35.5. The van der Waals surface area contributed by atoms with Gasteiger partial charge in [-0.3, -0.25) is 14.4 Å². The summed E-state index contributed by atoms with van der Waals surface area (Å²) < 4.78 is 6.88. The van der Waals surface area contributed by atoms with Crippen LogP contribution in [0.2, 0.25) is 5.02 Å². The number of nitrogens with zero attached hydrogens (tertiary/aromatic N) is 3. The second-order valence-corrected chi connectivity index (χ2v) is 11.8. The van der Waals surface area contributed by atoms with Crippen LogP contribution in [-0.2, 0) is 25.7 Å². The Morgan fingerprint density at radius 1 is 0.951 bits per heavy atom. The van der Waals surface area contributed by atoms with Crippen molar-refractivity contribution < 1.29 is 24.2 Å². The molecule has 0 bridgehead atoms. The van der Waals surface area contributed by atoms with Crippen molar-refractivity contribution in [3.05, 3.63) is 89.5 Å². The summed E-state index contributed by atoms with van der Waals surface area (Å²) in [6.45, 7) is 4.37. The van der Waals surface area contributed by atoms with Crippen LogP contribution >= 0.6 is 11.6 Å². The second kappa shape index (κ2) is 10.4. The lowest BCUT2D eigenvalue weighted by molar-refractivity contribution is -0.151. The largest absolute Gasteiger partial charge is 0.394 e. The van der Waals surface area contributed by atoms with Crippen LogP contribution in [0.5, 0.6) is 0 Å². The summed E-state index contributed by atoms with van der Waals surface area (Å²) >= 11 is 6.52. The van der Waals surface area contributed by atoms with Crippen molar-refractivity contribution >= 4 is 35.0 Å². The first kappa shape index (κ1) is 27.7. The number of ether oxygens (including phenoxy) is 1. The zero-order valence-corrected chi connectivity index (χ0v) is 23.9. The van der Waals surface area contributed by atoms with Crippen molar-refractivity contribution in [1.82, 2.24) is 9.80 Å². The predicted octanol–water partition coefficient (Wildman–Crippen LogP) is 3.58. The van der Waals surface area contributed by atoms with Crippen molar-refractivity contribution in [2.45, 2.75) is 50.1 Å². The molecule has 1 spiro atoms. The maximum Gasteiger partial charge on any atom is 0.253 e. The monoisotopic (exact) mass is 575 g/mol. The number of amides is 3. The SMILES string of the molecule is CC[C@@H](CO)N1C(=O)[C@@H]2[C@@H]3C(=O)N(Cc4ccccc4)CC=C[C@]3(C)O[C@@]23C=CCN(c2ccccc2Cl)C(=O)C13. The molecule has 0 aromatic heterocycles. The van der Waals surface area contributed by atoms with Crippen LogP contribution in [0.1, 0.15) is 25.8 Å². The van der Waals surface area contributed by atoms with Crippen molar-refractivity contribution in [2.24, 2.45) is 11.8 Å². The Balaban J connectivity index is 1.47. The molecule has 2 aromatic carbocycles. The molecule has 1 N–H and O–H groups in total. The number of hydrogen-bond acceptors (Lipinski definition) is 5. The zero-order chi connectivity index (χ0) is 28.9. The molecule has 1 unspecified atom stereocenters. The Hall–Kier alpha value is -3.46. The molecule has 3 amide bonds. The van der Waals surface area contributed by atoms with Gasteiger partial charge in [-0.25, -0.2) is 0 Å². The van der Waals surface area contributed by atoms with Gasteiger partial charge in [0.2, 0.25) is 11.8 Å². The van der Waals surface area contributed by atoms with E-state index in [-0.39, 0.29) is 30.9 Å². The van der Waals surface area contributed by atoms with Crippen LogP contribution < -0.4 is 4.90 Å². The number of aliphatic hydroxyl groups excluding tert-OH is 1. The van der Waals surface area contributed by atoms with Gasteiger partial charge in [-0.1, -0.05) is 85.3 Å². The van der Waals surface area contributed by atoms with Gasteiger partial charge in [0.05, 0.1) is 40.8 Å². The van der Waals surface area contributed by atoms with Crippen LogP contribution in [0.25, 0.3) is 0 Å². The zero-order valence-electron chi connectivity index (χ0n) is 23.2. The molecule has 6 atom stereocenters. The number of carbonyl (C=O) groups excluding carboxylic acids is 3. The molecule has 8 nitrogen and oxygen atoms in total. The van der Waals surface area contributed by atoms with Crippen molar-refractivity contribution in [1.29, 1.82) is 0 Å². The van der Waals surface area contributed by atoms with E-state index in [1.54, 1.807) is 34.1 Å². The van der Waals surface area contributed by atoms with Gasteiger partial charge in [-0.15, -0.1) is 0 Å². The molecule has 6 rings (SSSR count). The molecule has 2 fully saturated rings. The van der Waals surface area contributed by atoms with Gasteiger partial charge in [0.25, 0.3) is 5.91 Å². The number of carbonyl (C=O) groups is 3. The molecule has 0 aliphatic carbocycles. The average molecular weight is 576 g/mol. The number of hydrogen-bond donors (Lipinski definition) is 1. The van der Waals surface area contributed by atoms with Gasteiger partial charge in [0.15, 0.2) is 0 Å². The Bertz CT molecular complexity index is 1430. The Labute approximate surface area is 244 Å². The van der Waals surface area contributed by atoms with E-state index in [2.05, 4.69) is 0 Å². The smallest absolute Gasteiger partial charge is 0.253 e. The first-order valence-electron chi connectivity index (χ1n) is 14.1. The molecule has 2 aromatic rings. The standard InChI is InChI=1S/C32H34ClN3O5/c1-3-22(20-37)36-27-30(40)35(24-14-8-7-13-23(24)33)18-10-16-32(27)26(29(36)39)25-28(38)34(17-9-15-31(25,2)41-32)19-21-11-5-4-6-12-21/h4-16,22,25-27,37H,3,17-20H2,1-2H3/t22-,25+,26-,27?,31-,32-/m0/s1. The van der Waals surface area contributed by atoms with E-state index >= 15 is 0 Å². The minimum Gasteiger partial charge on any atom is -0.394 e. The van der Waals surface area contributed by atoms with Crippen LogP contribution in [0.15, 0.2) is 78.9 Å². The van der Waals surface area contributed by atoms with E-state index < -0.39 is 35.1 Å². The topological polar surface area (TPSA) is 90.4 Å². The fourth-order valence-electron chi connectivity index (χ4n) is 7.15. The average Bonchev–Trinajstić information content (AvgIpc) is 3.24. The number of halogens is 1. The van der Waals surface area contributed by atoms with Crippen LogP contribution in [0, 0.1) is 11.8 Å². The summed E-state index contributed by atoms with van der Waals surface area (Å²) in [6, 6.07) is 15.1.